The highest BCUT2D eigenvalue weighted by Gasteiger charge is 2.17. The zero-order valence-electron chi connectivity index (χ0n) is 33.6. The summed E-state index contributed by atoms with van der Waals surface area (Å²) in [6.45, 7) is 6.26. The molecule has 5 heteroatoms. The first-order chi connectivity index (χ1) is 30.1. The van der Waals surface area contributed by atoms with Crippen LogP contribution in [0.3, 0.4) is 0 Å². The molecule has 0 bridgehead atoms. The monoisotopic (exact) mass is 781 g/mol. The van der Waals surface area contributed by atoms with Crippen LogP contribution in [0.1, 0.15) is 18.1 Å². The van der Waals surface area contributed by atoms with Gasteiger partial charge in [0.05, 0.1) is 11.4 Å². The third-order valence-electron chi connectivity index (χ3n) is 11.0. The van der Waals surface area contributed by atoms with Gasteiger partial charge in [-0.2, -0.15) is 0 Å². The summed E-state index contributed by atoms with van der Waals surface area (Å²) < 4.78 is 0. The highest BCUT2D eigenvalue weighted by molar-refractivity contribution is 6.15. The van der Waals surface area contributed by atoms with E-state index in [1.165, 1.54) is 16.2 Å². The molecule has 0 spiro atoms. The SMILES string of the molecule is C=Cc1c(/C=C\C)c2cc(-c3nc(-c4ccccc4)nc(-c4cccc(-c5cccc(-c6cc(-c7ccccc7)nc(-c7ccccc7)n6)c5)c4)n3)ccc2c2ccccc12. The van der Waals surface area contributed by atoms with Gasteiger partial charge in [0.1, 0.15) is 0 Å². The minimum absolute atomic E-state index is 0.594. The maximum absolute atomic E-state index is 5.19. The average Bonchev–Trinajstić information content (AvgIpc) is 3.34. The Kier molecular flexibility index (Phi) is 9.89. The highest BCUT2D eigenvalue weighted by atomic mass is 15.0. The standard InChI is InChI=1S/C56H39N5/c1-3-18-46-45(4-2)47-29-14-15-30-48(47)49-32-31-44(35-50(46)49)56-60-54(39-23-12-7-13-24-39)59-55(61-56)43-28-17-26-41(34-43)40-25-16-27-42(33-40)52-36-51(37-19-8-5-9-20-37)57-53(58-52)38-21-10-6-11-22-38/h3-36H,2H2,1H3/b18-3-. The van der Waals surface area contributed by atoms with Crippen LogP contribution in [0.4, 0.5) is 0 Å². The van der Waals surface area contributed by atoms with E-state index >= 15 is 0 Å². The summed E-state index contributed by atoms with van der Waals surface area (Å²) in [5.41, 5.74) is 11.7. The first kappa shape index (κ1) is 37.1. The van der Waals surface area contributed by atoms with E-state index in [4.69, 9.17) is 24.9 Å². The number of rotatable bonds is 9. The molecule has 0 aliphatic carbocycles. The second-order valence-electron chi connectivity index (χ2n) is 14.9. The number of aromatic nitrogens is 5. The Balaban J connectivity index is 1.08. The van der Waals surface area contributed by atoms with Crippen molar-refractivity contribution in [3.05, 3.63) is 212 Å². The lowest BCUT2D eigenvalue weighted by molar-refractivity contribution is 1.07. The molecule has 0 saturated heterocycles. The summed E-state index contributed by atoms with van der Waals surface area (Å²) in [7, 11) is 0. The molecule has 0 saturated carbocycles. The van der Waals surface area contributed by atoms with Crippen molar-refractivity contribution in [2.75, 3.05) is 0 Å². The van der Waals surface area contributed by atoms with Gasteiger partial charge in [0.25, 0.3) is 0 Å². The van der Waals surface area contributed by atoms with Crippen LogP contribution in [0.25, 0.3) is 113 Å². The lowest BCUT2D eigenvalue weighted by Crippen LogP contribution is -2.00. The predicted molar refractivity (Wildman–Crippen MR) is 253 cm³/mol. The number of hydrogen-bond acceptors (Lipinski definition) is 5. The highest BCUT2D eigenvalue weighted by Crippen LogP contribution is 2.38. The lowest BCUT2D eigenvalue weighted by atomic mass is 9.90. The van der Waals surface area contributed by atoms with Gasteiger partial charge in [-0.25, -0.2) is 24.9 Å². The maximum Gasteiger partial charge on any atom is 0.164 e. The van der Waals surface area contributed by atoms with Gasteiger partial charge in [-0.05, 0) is 75.0 Å². The fourth-order valence-corrected chi connectivity index (χ4v) is 8.06. The number of fused-ring (bicyclic) bond motifs is 3. The molecule has 10 aromatic rings. The maximum atomic E-state index is 5.19. The van der Waals surface area contributed by atoms with Gasteiger partial charge in [0.2, 0.25) is 0 Å². The molecule has 0 amide bonds. The van der Waals surface area contributed by atoms with Crippen LogP contribution in [0, 0.1) is 0 Å². The lowest BCUT2D eigenvalue weighted by Gasteiger charge is -2.15. The van der Waals surface area contributed by atoms with Crippen molar-refractivity contribution < 1.29 is 0 Å². The minimum Gasteiger partial charge on any atom is -0.228 e. The largest absolute Gasteiger partial charge is 0.228 e. The molecule has 5 nitrogen and oxygen atoms in total. The quantitative estimate of drug-likeness (QED) is 0.136. The van der Waals surface area contributed by atoms with Crippen molar-refractivity contribution in [2.24, 2.45) is 0 Å². The summed E-state index contributed by atoms with van der Waals surface area (Å²) in [5, 5.41) is 4.64. The van der Waals surface area contributed by atoms with Gasteiger partial charge in [-0.1, -0.05) is 189 Å². The third-order valence-corrected chi connectivity index (χ3v) is 11.0. The van der Waals surface area contributed by atoms with E-state index in [1.54, 1.807) is 0 Å². The molecule has 0 unspecified atom stereocenters. The smallest absolute Gasteiger partial charge is 0.164 e. The summed E-state index contributed by atoms with van der Waals surface area (Å²) in [5.74, 6) is 2.49. The summed E-state index contributed by atoms with van der Waals surface area (Å²) in [4.78, 5) is 25.5. The summed E-state index contributed by atoms with van der Waals surface area (Å²) in [6.07, 6.45) is 6.20. The second kappa shape index (κ2) is 16.2. The molecule has 288 valence electrons. The Morgan fingerprint density at radius 2 is 0.770 bits per heavy atom. The molecule has 61 heavy (non-hydrogen) atoms. The van der Waals surface area contributed by atoms with E-state index in [0.717, 1.165) is 72.4 Å². The molecular formula is C56H39N5. The van der Waals surface area contributed by atoms with E-state index in [2.05, 4.69) is 128 Å². The fraction of sp³-hybridized carbons (Fsp3) is 0.0179. The van der Waals surface area contributed by atoms with Crippen molar-refractivity contribution in [3.63, 3.8) is 0 Å². The van der Waals surface area contributed by atoms with Crippen molar-refractivity contribution in [1.29, 1.82) is 0 Å². The van der Waals surface area contributed by atoms with E-state index in [-0.39, 0.29) is 0 Å². The Hall–Kier alpha value is -8.15. The first-order valence-electron chi connectivity index (χ1n) is 20.4. The molecule has 10 rings (SSSR count). The van der Waals surface area contributed by atoms with Gasteiger partial charge in [-0.15, -0.1) is 0 Å². The van der Waals surface area contributed by atoms with Crippen molar-refractivity contribution in [1.82, 2.24) is 24.9 Å². The normalized spacial score (nSPS) is 11.4. The zero-order valence-corrected chi connectivity index (χ0v) is 33.6. The van der Waals surface area contributed by atoms with Crippen LogP contribution in [0.2, 0.25) is 0 Å². The van der Waals surface area contributed by atoms with E-state index in [9.17, 15) is 0 Å². The molecule has 0 atom stereocenters. The summed E-state index contributed by atoms with van der Waals surface area (Å²) >= 11 is 0. The zero-order chi connectivity index (χ0) is 41.1. The third kappa shape index (κ3) is 7.30. The molecule has 0 aliphatic rings. The Bertz CT molecular complexity index is 3210. The van der Waals surface area contributed by atoms with Crippen molar-refractivity contribution in [2.45, 2.75) is 6.92 Å². The summed E-state index contributed by atoms with van der Waals surface area (Å²) in [6, 6.07) is 64.5. The van der Waals surface area contributed by atoms with Gasteiger partial charge in [0, 0.05) is 33.4 Å². The van der Waals surface area contributed by atoms with Crippen molar-refractivity contribution in [3.8, 4) is 79.2 Å². The van der Waals surface area contributed by atoms with E-state index in [0.29, 0.717) is 23.3 Å². The van der Waals surface area contributed by atoms with Gasteiger partial charge in [-0.3, -0.25) is 0 Å². The molecule has 8 aromatic carbocycles. The van der Waals surface area contributed by atoms with Gasteiger partial charge >= 0.3 is 0 Å². The molecule has 0 N–H and O–H groups in total. The predicted octanol–water partition coefficient (Wildman–Crippen LogP) is 14.3. The first-order valence-corrected chi connectivity index (χ1v) is 20.4. The van der Waals surface area contributed by atoms with E-state index in [1.807, 2.05) is 91.9 Å². The minimum atomic E-state index is 0.594. The number of nitrogens with zero attached hydrogens (tertiary/aromatic N) is 5. The molecule has 2 heterocycles. The molecule has 2 aromatic heterocycles. The molecule has 0 radical (unpaired) electrons. The van der Waals surface area contributed by atoms with Crippen molar-refractivity contribution >= 4 is 33.7 Å². The van der Waals surface area contributed by atoms with Crippen LogP contribution in [0.5, 0.6) is 0 Å². The van der Waals surface area contributed by atoms with Crippen LogP contribution in [0.15, 0.2) is 201 Å². The average molecular weight is 782 g/mol. The Morgan fingerprint density at radius 1 is 0.328 bits per heavy atom. The van der Waals surface area contributed by atoms with Crippen LogP contribution < -0.4 is 0 Å². The Morgan fingerprint density at radius 3 is 1.38 bits per heavy atom. The number of hydrogen-bond donors (Lipinski definition) is 0. The topological polar surface area (TPSA) is 64.5 Å². The number of benzene rings is 8. The molecule has 0 fully saturated rings. The van der Waals surface area contributed by atoms with E-state index < -0.39 is 0 Å². The molecule has 0 aliphatic heterocycles. The second-order valence-corrected chi connectivity index (χ2v) is 14.9. The fourth-order valence-electron chi connectivity index (χ4n) is 8.06. The Labute approximate surface area is 355 Å². The molecular weight excluding hydrogens is 743 g/mol. The van der Waals surface area contributed by atoms with Crippen LogP contribution >= 0.6 is 0 Å². The van der Waals surface area contributed by atoms with Crippen LogP contribution in [-0.4, -0.2) is 24.9 Å². The number of allylic oxidation sites excluding steroid dienone is 1. The van der Waals surface area contributed by atoms with Crippen LogP contribution in [-0.2, 0) is 0 Å². The van der Waals surface area contributed by atoms with Gasteiger partial charge < -0.3 is 0 Å². The van der Waals surface area contributed by atoms with Gasteiger partial charge in [0.15, 0.2) is 23.3 Å².